The zero-order valence-electron chi connectivity index (χ0n) is 41.7. The highest BCUT2D eigenvalue weighted by Crippen LogP contribution is 2.42. The number of amides is 4. The summed E-state index contributed by atoms with van der Waals surface area (Å²) in [5.41, 5.74) is -0.0940. The number of rotatable bonds is 12. The highest BCUT2D eigenvalue weighted by molar-refractivity contribution is 6.09. The van der Waals surface area contributed by atoms with Crippen molar-refractivity contribution in [2.75, 3.05) is 32.8 Å². The number of nitrogens with one attached hydrogen (secondary N) is 2. The largest absolute Gasteiger partial charge is 0.508 e. The minimum atomic E-state index is -1.71. The number of nitrogens with zero attached hydrogens (tertiary/aromatic N) is 2. The minimum Gasteiger partial charge on any atom is -0.508 e. The number of carbonyl (C=O) groups is 5. The Hall–Kier alpha value is -8.87. The van der Waals surface area contributed by atoms with Gasteiger partial charge in [-0.3, -0.25) is 19.2 Å². The van der Waals surface area contributed by atoms with Crippen LogP contribution in [0.4, 0.5) is 4.79 Å². The third-order valence-corrected chi connectivity index (χ3v) is 14.4. The predicted octanol–water partition coefficient (Wildman–Crippen LogP) is 3.45. The van der Waals surface area contributed by atoms with Crippen molar-refractivity contribution in [2.45, 2.75) is 74.6 Å². The molecule has 0 spiro atoms. The topological polar surface area (TPSA) is 346 Å². The quantitative estimate of drug-likeness (QED) is 0.0625. The fraction of sp³-hybridized carbons (Fsp3) is 0.304. The molecule has 5 aliphatic rings. The molecule has 4 amide bonds. The number of aliphatic hydroxyl groups excluding tert-OH is 4. The van der Waals surface area contributed by atoms with E-state index in [0.29, 0.717) is 47.6 Å². The summed E-state index contributed by atoms with van der Waals surface area (Å²) >= 11 is 0. The number of benzene rings is 5. The van der Waals surface area contributed by atoms with Crippen LogP contribution in [-0.4, -0.2) is 151 Å². The van der Waals surface area contributed by atoms with E-state index in [1.165, 1.54) is 107 Å². The standard InChI is InChI=1S/C56H52N4O19/c61-26-44-46(65)47(66)48(67)55(78-44)75-35-12-2-27(3-13-35)49(52(70)60-19-17-59(18-20-60)51(69)40-21-28-1-9-32(62)23-41(28)77-54(40)73)79-56(74)58-31-7-5-30(6-8-31)57-50(68)29-4-14-36(53(71)72)39(22-29)45-37-15-10-33(63)24-42(37)76-43-25-34(64)11-16-38(43)45/h1-4,9-16,21-25,30-31,44,46-49,55,61-63,65-67H,5-8,17-20,26H2,(H,57,68)(H,58,74)(H,71,72)/t30?,31?,44-,46+,47+,48-,49?,55-/m1/s1. The molecule has 4 heterocycles. The summed E-state index contributed by atoms with van der Waals surface area (Å²) in [7, 11) is 0. The van der Waals surface area contributed by atoms with Crippen LogP contribution in [0.3, 0.4) is 0 Å². The highest BCUT2D eigenvalue weighted by Gasteiger charge is 2.45. The van der Waals surface area contributed by atoms with Gasteiger partial charge in [-0.1, -0.05) is 12.1 Å². The number of hydrogen-bond donors (Lipinski definition) is 9. The molecule has 9 N–H and O–H groups in total. The summed E-state index contributed by atoms with van der Waals surface area (Å²) in [6.45, 7) is -0.750. The predicted molar refractivity (Wildman–Crippen MR) is 277 cm³/mol. The fourth-order valence-corrected chi connectivity index (χ4v) is 10.2. The molecule has 6 atom stereocenters. The number of carboxylic acid groups (broad SMARTS) is 1. The molecule has 410 valence electrons. The molecular weight excluding hydrogens is 1030 g/mol. The second-order valence-corrected chi connectivity index (χ2v) is 19.5. The Morgan fingerprint density at radius 3 is 2.04 bits per heavy atom. The molecule has 1 saturated carbocycles. The van der Waals surface area contributed by atoms with Gasteiger partial charge in [0.05, 0.1) is 12.2 Å². The van der Waals surface area contributed by atoms with Crippen molar-refractivity contribution < 1.29 is 82.8 Å². The van der Waals surface area contributed by atoms with Crippen molar-refractivity contribution in [3.63, 3.8) is 0 Å². The van der Waals surface area contributed by atoms with Gasteiger partial charge >= 0.3 is 17.7 Å². The van der Waals surface area contributed by atoms with Crippen molar-refractivity contribution in [3.8, 4) is 39.7 Å². The third-order valence-electron chi connectivity index (χ3n) is 14.4. The number of aromatic hydroxyl groups is 2. The SMILES string of the molecule is O=C(NC1CCC(NC(=O)c2ccc(C(=O)O)c(-c3c4ccc(=O)cc-4oc4cc(O)ccc34)c2)CC1)OC(C(=O)N1CCN(C(=O)c2cc3ccc(O)cc3oc2=O)CC1)c1ccc(O[C@@H]2O[C@H](CO)[C@H](O)[C@H](O)[C@H]2O)cc1. The normalized spacial score (nSPS) is 21.8. The lowest BCUT2D eigenvalue weighted by molar-refractivity contribution is -0.277. The van der Waals surface area contributed by atoms with E-state index >= 15 is 0 Å². The van der Waals surface area contributed by atoms with Crippen molar-refractivity contribution in [2.24, 2.45) is 0 Å². The van der Waals surface area contributed by atoms with Gasteiger partial charge < -0.3 is 79.2 Å². The van der Waals surface area contributed by atoms with E-state index in [0.717, 1.165) is 0 Å². The van der Waals surface area contributed by atoms with Gasteiger partial charge in [-0.15, -0.1) is 0 Å². The van der Waals surface area contributed by atoms with E-state index in [4.69, 9.17) is 23.0 Å². The number of carbonyl (C=O) groups excluding carboxylic acids is 4. The Morgan fingerprint density at radius 1 is 0.671 bits per heavy atom. The third kappa shape index (κ3) is 11.2. The van der Waals surface area contributed by atoms with Gasteiger partial charge in [0, 0.05) is 89.5 Å². The molecular formula is C56H52N4O19. The molecule has 0 radical (unpaired) electrons. The molecule has 3 fully saturated rings. The van der Waals surface area contributed by atoms with E-state index in [9.17, 15) is 69.3 Å². The molecule has 2 saturated heterocycles. The van der Waals surface area contributed by atoms with Crippen LogP contribution < -0.4 is 26.4 Å². The Bertz CT molecular complexity index is 3580. The Balaban J connectivity index is 0.812. The number of aromatic carboxylic acids is 1. The molecule has 3 aliphatic heterocycles. The molecule has 23 nitrogen and oxygen atoms in total. The number of ether oxygens (including phenoxy) is 3. The summed E-state index contributed by atoms with van der Waals surface area (Å²) in [5.74, 6) is -3.09. The summed E-state index contributed by atoms with van der Waals surface area (Å²) in [4.78, 5) is 96.3. The Morgan fingerprint density at radius 2 is 1.34 bits per heavy atom. The van der Waals surface area contributed by atoms with Gasteiger partial charge in [0.2, 0.25) is 12.4 Å². The monoisotopic (exact) mass is 1080 g/mol. The van der Waals surface area contributed by atoms with Crippen LogP contribution in [0.2, 0.25) is 0 Å². The van der Waals surface area contributed by atoms with E-state index < -0.39 is 84.9 Å². The molecule has 0 bridgehead atoms. The zero-order valence-corrected chi connectivity index (χ0v) is 41.7. The molecule has 10 rings (SSSR count). The van der Waals surface area contributed by atoms with Crippen LogP contribution in [0, 0.1) is 0 Å². The van der Waals surface area contributed by atoms with Gasteiger partial charge in [-0.25, -0.2) is 14.4 Å². The first-order chi connectivity index (χ1) is 37.9. The number of alkyl carbamates (subject to hydrolysis) is 1. The number of carboxylic acids is 1. The second kappa shape index (κ2) is 22.2. The average molecular weight is 1090 g/mol. The lowest BCUT2D eigenvalue weighted by atomic mass is 9.89. The van der Waals surface area contributed by atoms with Gasteiger partial charge in [0.15, 0.2) is 5.43 Å². The molecule has 4 aromatic carbocycles. The van der Waals surface area contributed by atoms with Crippen molar-refractivity contribution in [1.29, 1.82) is 0 Å². The second-order valence-electron chi connectivity index (χ2n) is 19.5. The summed E-state index contributed by atoms with van der Waals surface area (Å²) in [6.07, 6.45) is -8.73. The lowest BCUT2D eigenvalue weighted by Gasteiger charge is -2.39. The van der Waals surface area contributed by atoms with Crippen molar-refractivity contribution >= 4 is 51.7 Å². The first kappa shape index (κ1) is 53.5. The van der Waals surface area contributed by atoms with Crippen LogP contribution in [0.25, 0.3) is 44.4 Å². The van der Waals surface area contributed by atoms with Gasteiger partial charge in [-0.2, -0.15) is 0 Å². The highest BCUT2D eigenvalue weighted by atomic mass is 16.7. The van der Waals surface area contributed by atoms with Crippen LogP contribution in [0.1, 0.15) is 68.4 Å². The first-order valence-corrected chi connectivity index (χ1v) is 25.2. The van der Waals surface area contributed by atoms with Crippen LogP contribution in [-0.2, 0) is 14.3 Å². The van der Waals surface area contributed by atoms with E-state index in [1.807, 2.05) is 0 Å². The zero-order chi connectivity index (χ0) is 55.8. The van der Waals surface area contributed by atoms with Crippen LogP contribution in [0.5, 0.6) is 17.2 Å². The molecule has 79 heavy (non-hydrogen) atoms. The van der Waals surface area contributed by atoms with E-state index in [-0.39, 0.29) is 99.6 Å². The minimum absolute atomic E-state index is 0.00863. The summed E-state index contributed by atoms with van der Waals surface area (Å²) in [6, 6.07) is 22.8. The number of phenols is 2. The van der Waals surface area contributed by atoms with E-state index in [1.54, 1.807) is 6.07 Å². The number of fused-ring (bicyclic) bond motifs is 3. The first-order valence-electron chi connectivity index (χ1n) is 25.2. The van der Waals surface area contributed by atoms with Crippen LogP contribution >= 0.6 is 0 Å². The van der Waals surface area contributed by atoms with Crippen molar-refractivity contribution in [3.05, 3.63) is 146 Å². The number of piperazine rings is 1. The number of hydrogen-bond acceptors (Lipinski definition) is 18. The van der Waals surface area contributed by atoms with E-state index in [2.05, 4.69) is 10.6 Å². The van der Waals surface area contributed by atoms with Gasteiger partial charge in [0.25, 0.3) is 17.7 Å². The summed E-state index contributed by atoms with van der Waals surface area (Å²) in [5, 5.41) is 77.6. The average Bonchev–Trinajstić information content (AvgIpc) is 3.44. The molecule has 1 unspecified atom stereocenters. The van der Waals surface area contributed by atoms with Gasteiger partial charge in [0.1, 0.15) is 64.2 Å². The number of phenolic OH excluding ortho intramolecular Hbond substituents is 2. The maximum atomic E-state index is 14.4. The molecule has 2 aliphatic carbocycles. The Kier molecular flexibility index (Phi) is 15.1. The van der Waals surface area contributed by atoms with Gasteiger partial charge in [-0.05, 0) is 104 Å². The lowest BCUT2D eigenvalue weighted by Crippen LogP contribution is -2.60. The number of aliphatic hydroxyl groups is 4. The van der Waals surface area contributed by atoms with Crippen molar-refractivity contribution in [1.82, 2.24) is 20.4 Å². The molecule has 1 aromatic heterocycles. The molecule has 5 aromatic rings. The van der Waals surface area contributed by atoms with Crippen LogP contribution in [0.15, 0.2) is 122 Å². The fourth-order valence-electron chi connectivity index (χ4n) is 10.2. The smallest absolute Gasteiger partial charge is 0.408 e. The molecule has 23 heteroatoms. The maximum Gasteiger partial charge on any atom is 0.408 e. The maximum absolute atomic E-state index is 14.4. The summed E-state index contributed by atoms with van der Waals surface area (Å²) < 4.78 is 28.3. The Labute approximate surface area is 446 Å².